The first-order valence-electron chi connectivity index (χ1n) is 9.01. The van der Waals surface area contributed by atoms with Gasteiger partial charge in [-0.3, -0.25) is 4.55 Å². The standard InChI is InChI=1S/C20H28O3S/c1-2-3-4-5-6-7-8-9-10-17-11-12-18-13-14-20(24(21,22)23)16-19(18)15-17/h11-16H,2-10H2,1H3,(H,21,22,23). The van der Waals surface area contributed by atoms with Crippen LogP contribution in [0.1, 0.15) is 63.9 Å². The number of hydrogen-bond acceptors (Lipinski definition) is 2. The van der Waals surface area contributed by atoms with E-state index in [1.165, 1.54) is 56.6 Å². The summed E-state index contributed by atoms with van der Waals surface area (Å²) in [6.45, 7) is 2.24. The molecule has 0 saturated carbocycles. The van der Waals surface area contributed by atoms with Crippen molar-refractivity contribution < 1.29 is 13.0 Å². The number of rotatable bonds is 10. The Kier molecular flexibility index (Phi) is 7.25. The summed E-state index contributed by atoms with van der Waals surface area (Å²) in [5.41, 5.74) is 1.22. The van der Waals surface area contributed by atoms with Crippen molar-refractivity contribution >= 4 is 20.9 Å². The molecule has 0 bridgehead atoms. The topological polar surface area (TPSA) is 54.4 Å². The molecule has 3 nitrogen and oxygen atoms in total. The minimum Gasteiger partial charge on any atom is -0.282 e. The van der Waals surface area contributed by atoms with Gasteiger partial charge in [-0.05, 0) is 41.3 Å². The SMILES string of the molecule is CCCCCCCCCCc1ccc2ccc(S(=O)(=O)O)cc2c1. The lowest BCUT2D eigenvalue weighted by Crippen LogP contribution is -1.97. The van der Waals surface area contributed by atoms with E-state index in [-0.39, 0.29) is 4.90 Å². The van der Waals surface area contributed by atoms with E-state index < -0.39 is 10.1 Å². The van der Waals surface area contributed by atoms with E-state index in [2.05, 4.69) is 13.0 Å². The molecule has 0 atom stereocenters. The molecule has 0 spiro atoms. The number of fused-ring (bicyclic) bond motifs is 1. The monoisotopic (exact) mass is 348 g/mol. The van der Waals surface area contributed by atoms with Crippen LogP contribution in [0.5, 0.6) is 0 Å². The summed E-state index contributed by atoms with van der Waals surface area (Å²) < 4.78 is 31.7. The Morgan fingerprint density at radius 1 is 0.792 bits per heavy atom. The molecular formula is C20H28O3S. The molecule has 0 unspecified atom stereocenters. The average molecular weight is 349 g/mol. The van der Waals surface area contributed by atoms with Crippen LogP contribution in [-0.2, 0) is 16.5 Å². The predicted molar refractivity (Wildman–Crippen MR) is 100 cm³/mol. The van der Waals surface area contributed by atoms with Gasteiger partial charge in [0.2, 0.25) is 0 Å². The van der Waals surface area contributed by atoms with Gasteiger partial charge in [-0.1, -0.05) is 76.1 Å². The minimum atomic E-state index is -4.14. The summed E-state index contributed by atoms with van der Waals surface area (Å²) in [6, 6.07) is 10.9. The maximum absolute atomic E-state index is 11.3. The maximum atomic E-state index is 11.3. The normalized spacial score (nSPS) is 11.9. The molecule has 0 radical (unpaired) electrons. The van der Waals surface area contributed by atoms with E-state index in [0.717, 1.165) is 23.6 Å². The van der Waals surface area contributed by atoms with Crippen molar-refractivity contribution in [2.24, 2.45) is 0 Å². The molecule has 0 heterocycles. The van der Waals surface area contributed by atoms with Gasteiger partial charge in [0.25, 0.3) is 10.1 Å². The van der Waals surface area contributed by atoms with Crippen LogP contribution in [0.15, 0.2) is 41.3 Å². The lowest BCUT2D eigenvalue weighted by atomic mass is 10.0. The Labute approximate surface area is 145 Å². The van der Waals surface area contributed by atoms with Gasteiger partial charge in [0.15, 0.2) is 0 Å². The highest BCUT2D eigenvalue weighted by Crippen LogP contribution is 2.21. The van der Waals surface area contributed by atoms with Crippen molar-refractivity contribution in [1.29, 1.82) is 0 Å². The molecule has 24 heavy (non-hydrogen) atoms. The second kappa shape index (κ2) is 9.19. The molecule has 0 aliphatic carbocycles. The second-order valence-electron chi connectivity index (χ2n) is 6.54. The number of unbranched alkanes of at least 4 members (excludes halogenated alkanes) is 7. The summed E-state index contributed by atoms with van der Waals surface area (Å²) in [4.78, 5) is -0.0424. The van der Waals surface area contributed by atoms with Crippen molar-refractivity contribution in [3.8, 4) is 0 Å². The van der Waals surface area contributed by atoms with Gasteiger partial charge in [-0.15, -0.1) is 0 Å². The fourth-order valence-electron chi connectivity index (χ4n) is 3.05. The molecule has 132 valence electrons. The molecule has 0 aliphatic heterocycles. The summed E-state index contributed by atoms with van der Waals surface area (Å²) in [6.07, 6.45) is 11.4. The van der Waals surface area contributed by atoms with E-state index in [4.69, 9.17) is 4.55 Å². The molecule has 2 aromatic carbocycles. The summed E-state index contributed by atoms with van der Waals surface area (Å²) in [7, 11) is -4.14. The van der Waals surface area contributed by atoms with Crippen LogP contribution >= 0.6 is 0 Å². The van der Waals surface area contributed by atoms with Crippen molar-refractivity contribution in [3.05, 3.63) is 42.0 Å². The van der Waals surface area contributed by atoms with Crippen LogP contribution < -0.4 is 0 Å². The van der Waals surface area contributed by atoms with Crippen molar-refractivity contribution in [1.82, 2.24) is 0 Å². The molecule has 4 heteroatoms. The van der Waals surface area contributed by atoms with Crippen LogP contribution in [0.25, 0.3) is 10.8 Å². The average Bonchev–Trinajstić information content (AvgIpc) is 2.56. The van der Waals surface area contributed by atoms with Crippen LogP contribution in [-0.4, -0.2) is 13.0 Å². The van der Waals surface area contributed by atoms with E-state index in [9.17, 15) is 8.42 Å². The quantitative estimate of drug-likeness (QED) is 0.438. The summed E-state index contributed by atoms with van der Waals surface area (Å²) in [5.74, 6) is 0. The van der Waals surface area contributed by atoms with Crippen molar-refractivity contribution in [2.45, 2.75) is 69.6 Å². The molecule has 0 aromatic heterocycles. The lowest BCUT2D eigenvalue weighted by molar-refractivity contribution is 0.483. The predicted octanol–water partition coefficient (Wildman–Crippen LogP) is 5.77. The molecule has 0 fully saturated rings. The van der Waals surface area contributed by atoms with Gasteiger partial charge >= 0.3 is 0 Å². The number of hydrogen-bond donors (Lipinski definition) is 1. The van der Waals surface area contributed by atoms with E-state index in [1.54, 1.807) is 12.1 Å². The van der Waals surface area contributed by atoms with Gasteiger partial charge in [-0.2, -0.15) is 8.42 Å². The van der Waals surface area contributed by atoms with E-state index in [1.807, 2.05) is 12.1 Å². The minimum absolute atomic E-state index is 0.0424. The van der Waals surface area contributed by atoms with E-state index in [0.29, 0.717) is 0 Å². The van der Waals surface area contributed by atoms with Gasteiger partial charge in [-0.25, -0.2) is 0 Å². The molecule has 2 rings (SSSR count). The number of aryl methyl sites for hydroxylation is 1. The van der Waals surface area contributed by atoms with Crippen LogP contribution in [0.2, 0.25) is 0 Å². The lowest BCUT2D eigenvalue weighted by Gasteiger charge is -2.06. The zero-order valence-corrected chi connectivity index (χ0v) is 15.3. The first kappa shape index (κ1) is 18.9. The Morgan fingerprint density at radius 3 is 2.08 bits per heavy atom. The first-order chi connectivity index (χ1) is 11.5. The van der Waals surface area contributed by atoms with Gasteiger partial charge in [0, 0.05) is 0 Å². The van der Waals surface area contributed by atoms with Crippen LogP contribution in [0, 0.1) is 0 Å². The molecule has 0 aliphatic rings. The van der Waals surface area contributed by atoms with Gasteiger partial charge in [0.1, 0.15) is 0 Å². The Bertz CT molecular complexity index is 751. The third-order valence-corrected chi connectivity index (χ3v) is 5.34. The van der Waals surface area contributed by atoms with Crippen LogP contribution in [0.3, 0.4) is 0 Å². The Balaban J connectivity index is 1.86. The maximum Gasteiger partial charge on any atom is 0.294 e. The third kappa shape index (κ3) is 5.91. The fourth-order valence-corrected chi connectivity index (χ4v) is 3.57. The van der Waals surface area contributed by atoms with E-state index >= 15 is 0 Å². The van der Waals surface area contributed by atoms with Gasteiger partial charge in [0.05, 0.1) is 4.90 Å². The highest BCUT2D eigenvalue weighted by Gasteiger charge is 2.09. The zero-order chi connectivity index (χ0) is 17.4. The van der Waals surface area contributed by atoms with Crippen LogP contribution in [0.4, 0.5) is 0 Å². The molecular weight excluding hydrogens is 320 g/mol. The summed E-state index contributed by atoms with van der Waals surface area (Å²) >= 11 is 0. The fraction of sp³-hybridized carbons (Fsp3) is 0.500. The summed E-state index contributed by atoms with van der Waals surface area (Å²) in [5, 5.41) is 1.85. The molecule has 1 N–H and O–H groups in total. The number of benzene rings is 2. The van der Waals surface area contributed by atoms with Crippen molar-refractivity contribution in [3.63, 3.8) is 0 Å². The highest BCUT2D eigenvalue weighted by atomic mass is 32.2. The second-order valence-corrected chi connectivity index (χ2v) is 7.96. The molecule has 0 saturated heterocycles. The zero-order valence-electron chi connectivity index (χ0n) is 14.5. The van der Waals surface area contributed by atoms with Crippen molar-refractivity contribution in [2.75, 3.05) is 0 Å². The smallest absolute Gasteiger partial charge is 0.282 e. The third-order valence-electron chi connectivity index (χ3n) is 4.49. The first-order valence-corrected chi connectivity index (χ1v) is 10.4. The van der Waals surface area contributed by atoms with Gasteiger partial charge < -0.3 is 0 Å². The highest BCUT2D eigenvalue weighted by molar-refractivity contribution is 7.85. The Hall–Kier alpha value is -1.39. The largest absolute Gasteiger partial charge is 0.294 e. The Morgan fingerprint density at radius 2 is 1.42 bits per heavy atom. The molecule has 2 aromatic rings. The molecule has 0 amide bonds.